The van der Waals surface area contributed by atoms with Gasteiger partial charge in [-0.05, 0) is 49.4 Å². The zero-order valence-corrected chi connectivity index (χ0v) is 19.3. The van der Waals surface area contributed by atoms with E-state index in [-0.39, 0.29) is 12.0 Å². The van der Waals surface area contributed by atoms with Gasteiger partial charge in [-0.15, -0.1) is 0 Å². The number of ether oxygens (including phenoxy) is 1. The minimum absolute atomic E-state index is 0.181. The molecule has 0 unspecified atom stereocenters. The Hall–Kier alpha value is -2.83. The minimum Gasteiger partial charge on any atom is -0.497 e. The van der Waals surface area contributed by atoms with E-state index in [0.717, 1.165) is 55.5 Å². The van der Waals surface area contributed by atoms with Gasteiger partial charge in [0.05, 0.1) is 19.8 Å². The van der Waals surface area contributed by atoms with Crippen LogP contribution in [0.1, 0.15) is 42.5 Å². The molecule has 174 valence electrons. The van der Waals surface area contributed by atoms with Gasteiger partial charge in [0.15, 0.2) is 0 Å². The highest BCUT2D eigenvalue weighted by molar-refractivity contribution is 5.86. The molecule has 6 nitrogen and oxygen atoms in total. The van der Waals surface area contributed by atoms with E-state index in [0.29, 0.717) is 25.7 Å². The van der Waals surface area contributed by atoms with Crippen molar-refractivity contribution in [1.29, 1.82) is 0 Å². The van der Waals surface area contributed by atoms with Crippen molar-refractivity contribution < 1.29 is 14.6 Å². The summed E-state index contributed by atoms with van der Waals surface area (Å²) in [6.07, 6.45) is 4.10. The summed E-state index contributed by atoms with van der Waals surface area (Å²) < 4.78 is 5.40. The molecular formula is C27H33N3O3. The second-order valence-electron chi connectivity index (χ2n) is 9.41. The highest BCUT2D eigenvalue weighted by atomic mass is 16.5. The third kappa shape index (κ3) is 4.77. The average molecular weight is 448 g/mol. The summed E-state index contributed by atoms with van der Waals surface area (Å²) in [6, 6.07) is 16.7. The molecule has 1 aliphatic carbocycles. The van der Waals surface area contributed by atoms with Gasteiger partial charge in [0.25, 0.3) is 0 Å². The van der Waals surface area contributed by atoms with E-state index in [1.54, 1.807) is 7.11 Å². The third-order valence-electron chi connectivity index (χ3n) is 7.28. The van der Waals surface area contributed by atoms with E-state index in [9.17, 15) is 9.90 Å². The summed E-state index contributed by atoms with van der Waals surface area (Å²) >= 11 is 0. The molecule has 2 N–H and O–H groups in total. The average Bonchev–Trinajstić information content (AvgIpc) is 3.22. The van der Waals surface area contributed by atoms with Crippen LogP contribution < -0.4 is 4.74 Å². The Morgan fingerprint density at radius 1 is 1.15 bits per heavy atom. The van der Waals surface area contributed by atoms with Gasteiger partial charge in [-0.25, -0.2) is 0 Å². The maximum Gasteiger partial charge on any atom is 0.237 e. The van der Waals surface area contributed by atoms with Crippen LogP contribution >= 0.6 is 0 Å². The first kappa shape index (κ1) is 22.0. The molecule has 1 saturated carbocycles. The van der Waals surface area contributed by atoms with Gasteiger partial charge < -0.3 is 19.7 Å². The van der Waals surface area contributed by atoms with E-state index in [1.807, 2.05) is 29.2 Å². The number of hydrogen-bond acceptors (Lipinski definition) is 4. The fourth-order valence-corrected chi connectivity index (χ4v) is 5.40. The number of aromatic nitrogens is 1. The number of aliphatic hydroxyl groups is 1. The number of amides is 1. The number of aliphatic hydroxyl groups excluding tert-OH is 1. The molecule has 0 atom stereocenters. The predicted octanol–water partition coefficient (Wildman–Crippen LogP) is 3.87. The topological polar surface area (TPSA) is 68.8 Å². The molecule has 2 heterocycles. The summed E-state index contributed by atoms with van der Waals surface area (Å²) in [5, 5.41) is 11.2. The molecule has 1 aliphatic heterocycles. The van der Waals surface area contributed by atoms with Crippen LogP contribution in [0.3, 0.4) is 0 Å². The van der Waals surface area contributed by atoms with Crippen LogP contribution in [0.5, 0.6) is 5.75 Å². The Bertz CT molecular complexity index is 1120. The van der Waals surface area contributed by atoms with Gasteiger partial charge in [-0.3, -0.25) is 9.69 Å². The van der Waals surface area contributed by atoms with E-state index >= 15 is 0 Å². The van der Waals surface area contributed by atoms with Crippen LogP contribution in [0.2, 0.25) is 0 Å². The molecule has 2 aromatic carbocycles. The molecule has 0 spiro atoms. The highest BCUT2D eigenvalue weighted by Crippen LogP contribution is 2.29. The van der Waals surface area contributed by atoms with Crippen molar-refractivity contribution in [2.75, 3.05) is 20.2 Å². The molecule has 6 heteroatoms. The predicted molar refractivity (Wildman–Crippen MR) is 129 cm³/mol. The largest absolute Gasteiger partial charge is 0.497 e. The van der Waals surface area contributed by atoms with Crippen molar-refractivity contribution in [2.24, 2.45) is 0 Å². The quantitative estimate of drug-likeness (QED) is 0.602. The number of aromatic amines is 1. The fourth-order valence-electron chi connectivity index (χ4n) is 5.40. The van der Waals surface area contributed by atoms with E-state index in [2.05, 4.69) is 34.1 Å². The monoisotopic (exact) mass is 447 g/mol. The summed E-state index contributed by atoms with van der Waals surface area (Å²) in [5.74, 6) is 1.01. The number of nitrogens with zero attached hydrogens (tertiary/aromatic N) is 2. The number of carbonyl (C=O) groups is 1. The number of fused-ring (bicyclic) bond motifs is 3. The molecule has 1 amide bonds. The lowest BCUT2D eigenvalue weighted by Crippen LogP contribution is -2.47. The Balaban J connectivity index is 1.33. The summed E-state index contributed by atoms with van der Waals surface area (Å²) in [4.78, 5) is 21.4. The SMILES string of the molecule is COc1cccc(CN(CC(=O)N2CCc3[nH]c4ccccc4c3C2)C2CCC(O)CC2)c1. The lowest BCUT2D eigenvalue weighted by molar-refractivity contribution is -0.134. The maximum atomic E-state index is 13.5. The van der Waals surface area contributed by atoms with Gasteiger partial charge in [-0.2, -0.15) is 0 Å². The molecule has 2 aliphatic rings. The van der Waals surface area contributed by atoms with Crippen LogP contribution in [0.4, 0.5) is 0 Å². The number of rotatable bonds is 6. The molecule has 0 radical (unpaired) electrons. The Morgan fingerprint density at radius 2 is 1.97 bits per heavy atom. The van der Waals surface area contributed by atoms with Crippen LogP contribution in [-0.4, -0.2) is 58.1 Å². The Kier molecular flexibility index (Phi) is 6.38. The highest BCUT2D eigenvalue weighted by Gasteiger charge is 2.30. The normalized spacial score (nSPS) is 20.8. The van der Waals surface area contributed by atoms with E-state index in [1.165, 1.54) is 16.6 Å². The molecule has 33 heavy (non-hydrogen) atoms. The summed E-state index contributed by atoms with van der Waals surface area (Å²) in [6.45, 7) is 2.51. The molecular weight excluding hydrogens is 414 g/mol. The van der Waals surface area contributed by atoms with Crippen molar-refractivity contribution in [3.05, 3.63) is 65.4 Å². The Labute approximate surface area is 195 Å². The van der Waals surface area contributed by atoms with Crippen molar-refractivity contribution in [2.45, 2.75) is 57.3 Å². The van der Waals surface area contributed by atoms with Crippen LogP contribution in [0, 0.1) is 0 Å². The van der Waals surface area contributed by atoms with Gasteiger partial charge in [0.1, 0.15) is 5.75 Å². The van der Waals surface area contributed by atoms with Gasteiger partial charge in [0, 0.05) is 54.3 Å². The second-order valence-corrected chi connectivity index (χ2v) is 9.41. The van der Waals surface area contributed by atoms with Gasteiger partial charge in [0.2, 0.25) is 5.91 Å². The van der Waals surface area contributed by atoms with Gasteiger partial charge in [-0.1, -0.05) is 30.3 Å². The lowest BCUT2D eigenvalue weighted by Gasteiger charge is -2.37. The maximum absolute atomic E-state index is 13.5. The number of para-hydroxylation sites is 1. The molecule has 0 saturated heterocycles. The molecule has 0 bridgehead atoms. The van der Waals surface area contributed by atoms with Crippen LogP contribution in [0.15, 0.2) is 48.5 Å². The van der Waals surface area contributed by atoms with Crippen molar-refractivity contribution >= 4 is 16.8 Å². The second kappa shape index (κ2) is 9.57. The number of hydrogen-bond donors (Lipinski definition) is 2. The van der Waals surface area contributed by atoms with E-state index < -0.39 is 0 Å². The number of carbonyl (C=O) groups excluding carboxylic acids is 1. The van der Waals surface area contributed by atoms with Crippen LogP contribution in [-0.2, 0) is 24.3 Å². The molecule has 3 aromatic rings. The summed E-state index contributed by atoms with van der Waals surface area (Å²) in [5.41, 5.74) is 4.81. The third-order valence-corrected chi connectivity index (χ3v) is 7.28. The van der Waals surface area contributed by atoms with Crippen molar-refractivity contribution in [1.82, 2.24) is 14.8 Å². The first-order chi connectivity index (χ1) is 16.1. The Morgan fingerprint density at radius 3 is 2.79 bits per heavy atom. The van der Waals surface area contributed by atoms with Gasteiger partial charge >= 0.3 is 0 Å². The number of methoxy groups -OCH3 is 1. The molecule has 5 rings (SSSR count). The standard InChI is InChI=1S/C27H33N3O3/c1-33-22-6-4-5-19(15-22)16-30(20-9-11-21(31)12-10-20)18-27(32)29-14-13-26-24(17-29)23-7-2-3-8-25(23)28-26/h2-8,15,20-21,28,31H,9-14,16-18H2,1H3. The van der Waals surface area contributed by atoms with Crippen molar-refractivity contribution in [3.8, 4) is 5.75 Å². The van der Waals surface area contributed by atoms with Crippen molar-refractivity contribution in [3.63, 3.8) is 0 Å². The minimum atomic E-state index is -0.210. The number of nitrogens with one attached hydrogen (secondary N) is 1. The molecule has 1 fully saturated rings. The number of H-pyrrole nitrogens is 1. The van der Waals surface area contributed by atoms with Crippen LogP contribution in [0.25, 0.3) is 10.9 Å². The zero-order valence-electron chi connectivity index (χ0n) is 19.3. The number of benzene rings is 2. The fraction of sp³-hybridized carbons (Fsp3) is 0.444. The summed E-state index contributed by atoms with van der Waals surface area (Å²) in [7, 11) is 1.68. The smallest absolute Gasteiger partial charge is 0.237 e. The van der Waals surface area contributed by atoms with E-state index in [4.69, 9.17) is 4.74 Å². The lowest BCUT2D eigenvalue weighted by atomic mass is 9.91. The molecule has 1 aromatic heterocycles. The first-order valence-corrected chi connectivity index (χ1v) is 12.0. The zero-order chi connectivity index (χ0) is 22.8. The first-order valence-electron chi connectivity index (χ1n) is 12.0.